The van der Waals surface area contributed by atoms with E-state index >= 15 is 0 Å². The average Bonchev–Trinajstić information content (AvgIpc) is 2.45. The summed E-state index contributed by atoms with van der Waals surface area (Å²) in [5.74, 6) is 6.81. The summed E-state index contributed by atoms with van der Waals surface area (Å²) in [4.78, 5) is 16.0. The van der Waals surface area contributed by atoms with Gasteiger partial charge in [0, 0.05) is 18.0 Å². The summed E-state index contributed by atoms with van der Waals surface area (Å²) in [6.45, 7) is 0.711. The number of anilines is 1. The second-order valence-corrected chi connectivity index (χ2v) is 5.65. The Bertz CT molecular complexity index is 407. The van der Waals surface area contributed by atoms with Crippen molar-refractivity contribution in [2.75, 3.05) is 17.7 Å². The molecular weight excluding hydrogens is 248 g/mol. The number of thioether (sulfide) groups is 1. The molecule has 18 heavy (non-hydrogen) atoms. The Morgan fingerprint density at radius 3 is 3.17 bits per heavy atom. The van der Waals surface area contributed by atoms with Crippen LogP contribution in [0.1, 0.15) is 29.6 Å². The molecule has 1 aromatic heterocycles. The van der Waals surface area contributed by atoms with Gasteiger partial charge in [-0.3, -0.25) is 4.79 Å². The number of nitrogen functional groups attached to an aromatic ring is 1. The van der Waals surface area contributed by atoms with Crippen LogP contribution in [0.25, 0.3) is 0 Å². The van der Waals surface area contributed by atoms with Crippen LogP contribution >= 0.6 is 11.8 Å². The smallest absolute Gasteiger partial charge is 0.255 e. The fourth-order valence-corrected chi connectivity index (χ4v) is 3.21. The number of aromatic nitrogens is 1. The second-order valence-electron chi connectivity index (χ2n) is 4.24. The lowest BCUT2D eigenvalue weighted by Crippen LogP contribution is -2.32. The number of rotatable bonds is 4. The molecule has 1 unspecified atom stereocenters. The Labute approximate surface area is 111 Å². The fraction of sp³-hybridized carbons (Fsp3) is 0.500. The van der Waals surface area contributed by atoms with Crippen molar-refractivity contribution in [3.8, 4) is 0 Å². The molecule has 4 N–H and O–H groups in total. The van der Waals surface area contributed by atoms with E-state index in [-0.39, 0.29) is 5.91 Å². The van der Waals surface area contributed by atoms with Crippen molar-refractivity contribution < 1.29 is 4.79 Å². The maximum absolute atomic E-state index is 12.0. The van der Waals surface area contributed by atoms with Crippen LogP contribution in [0.2, 0.25) is 0 Å². The SMILES string of the molecule is NNc1ncccc1C(=O)NCC1CCCCS1. The lowest BCUT2D eigenvalue weighted by atomic mass is 10.2. The van der Waals surface area contributed by atoms with Crippen LogP contribution in [0.15, 0.2) is 18.3 Å². The molecule has 1 aliphatic rings. The number of hydrazine groups is 1. The van der Waals surface area contributed by atoms with Crippen molar-refractivity contribution in [1.82, 2.24) is 10.3 Å². The van der Waals surface area contributed by atoms with Crippen molar-refractivity contribution in [3.05, 3.63) is 23.9 Å². The van der Waals surface area contributed by atoms with Crippen molar-refractivity contribution in [1.29, 1.82) is 0 Å². The van der Waals surface area contributed by atoms with E-state index in [1.54, 1.807) is 18.3 Å². The minimum Gasteiger partial charge on any atom is -0.351 e. The highest BCUT2D eigenvalue weighted by atomic mass is 32.2. The number of amides is 1. The van der Waals surface area contributed by atoms with Gasteiger partial charge in [0.05, 0.1) is 5.56 Å². The first-order valence-electron chi connectivity index (χ1n) is 6.12. The summed E-state index contributed by atoms with van der Waals surface area (Å²) in [7, 11) is 0. The largest absolute Gasteiger partial charge is 0.351 e. The molecule has 1 aliphatic heterocycles. The number of pyridine rings is 1. The summed E-state index contributed by atoms with van der Waals surface area (Å²) in [5, 5.41) is 3.48. The molecule has 1 fully saturated rings. The molecule has 1 saturated heterocycles. The van der Waals surface area contributed by atoms with Crippen molar-refractivity contribution in [2.45, 2.75) is 24.5 Å². The summed E-state index contributed by atoms with van der Waals surface area (Å²) < 4.78 is 0. The van der Waals surface area contributed by atoms with Gasteiger partial charge < -0.3 is 10.7 Å². The van der Waals surface area contributed by atoms with Crippen LogP contribution in [0.3, 0.4) is 0 Å². The second kappa shape index (κ2) is 6.61. The molecule has 1 amide bonds. The normalized spacial score (nSPS) is 19.3. The van der Waals surface area contributed by atoms with E-state index in [2.05, 4.69) is 15.7 Å². The van der Waals surface area contributed by atoms with Crippen LogP contribution in [0, 0.1) is 0 Å². The zero-order valence-electron chi connectivity index (χ0n) is 10.2. The zero-order chi connectivity index (χ0) is 12.8. The van der Waals surface area contributed by atoms with Crippen LogP contribution in [0.4, 0.5) is 5.82 Å². The lowest BCUT2D eigenvalue weighted by molar-refractivity contribution is 0.0954. The Morgan fingerprint density at radius 1 is 1.56 bits per heavy atom. The minimum atomic E-state index is -0.123. The molecule has 0 saturated carbocycles. The van der Waals surface area contributed by atoms with Crippen molar-refractivity contribution >= 4 is 23.5 Å². The summed E-state index contributed by atoms with van der Waals surface area (Å²) in [5.41, 5.74) is 2.92. The monoisotopic (exact) mass is 266 g/mol. The Hall–Kier alpha value is -1.27. The van der Waals surface area contributed by atoms with Crippen LogP contribution in [-0.4, -0.2) is 28.4 Å². The Morgan fingerprint density at radius 2 is 2.44 bits per heavy atom. The first kappa shape index (κ1) is 13.2. The number of carbonyl (C=O) groups excluding carboxylic acids is 1. The predicted octanol–water partition coefficient (Wildman–Crippen LogP) is 1.38. The molecule has 0 aromatic carbocycles. The van der Waals surface area contributed by atoms with Crippen LogP contribution in [-0.2, 0) is 0 Å². The van der Waals surface area contributed by atoms with Gasteiger partial charge in [0.1, 0.15) is 0 Å². The van der Waals surface area contributed by atoms with Gasteiger partial charge in [-0.15, -0.1) is 0 Å². The third kappa shape index (κ3) is 3.36. The number of nitrogens with one attached hydrogen (secondary N) is 2. The molecule has 1 atom stereocenters. The van der Waals surface area contributed by atoms with Gasteiger partial charge in [0.2, 0.25) is 0 Å². The third-order valence-corrected chi connectivity index (χ3v) is 4.35. The van der Waals surface area contributed by atoms with Crippen molar-refractivity contribution in [2.24, 2.45) is 5.84 Å². The molecular formula is C12H18N4OS. The highest BCUT2D eigenvalue weighted by Crippen LogP contribution is 2.24. The molecule has 0 aliphatic carbocycles. The standard InChI is InChI=1S/C12H18N4OS/c13-16-11-10(5-3-6-14-11)12(17)15-8-9-4-1-2-7-18-9/h3,5-6,9H,1-2,4,7-8,13H2,(H,14,16)(H,15,17). The quantitative estimate of drug-likeness (QED) is 0.567. The van der Waals surface area contributed by atoms with Gasteiger partial charge in [0.25, 0.3) is 5.91 Å². The highest BCUT2D eigenvalue weighted by molar-refractivity contribution is 7.99. The van der Waals surface area contributed by atoms with E-state index in [4.69, 9.17) is 5.84 Å². The first-order chi connectivity index (χ1) is 8.81. The lowest BCUT2D eigenvalue weighted by Gasteiger charge is -2.21. The summed E-state index contributed by atoms with van der Waals surface area (Å²) in [6, 6.07) is 3.44. The molecule has 0 spiro atoms. The number of hydrogen-bond acceptors (Lipinski definition) is 5. The maximum atomic E-state index is 12.0. The molecule has 0 radical (unpaired) electrons. The minimum absolute atomic E-state index is 0.123. The molecule has 2 rings (SSSR count). The molecule has 98 valence electrons. The van der Waals surface area contributed by atoms with Gasteiger partial charge in [0.15, 0.2) is 5.82 Å². The highest BCUT2D eigenvalue weighted by Gasteiger charge is 2.16. The van der Waals surface area contributed by atoms with Gasteiger partial charge in [-0.2, -0.15) is 11.8 Å². The van der Waals surface area contributed by atoms with E-state index < -0.39 is 0 Å². The molecule has 6 heteroatoms. The van der Waals surface area contributed by atoms with Gasteiger partial charge >= 0.3 is 0 Å². The van der Waals surface area contributed by atoms with E-state index in [9.17, 15) is 4.79 Å². The van der Waals surface area contributed by atoms with Crippen molar-refractivity contribution in [3.63, 3.8) is 0 Å². The number of hydrogen-bond donors (Lipinski definition) is 3. The van der Waals surface area contributed by atoms with Gasteiger partial charge in [-0.05, 0) is 30.7 Å². The van der Waals surface area contributed by atoms with E-state index in [0.717, 1.165) is 0 Å². The molecule has 0 bridgehead atoms. The Kier molecular flexibility index (Phi) is 4.83. The molecule has 2 heterocycles. The van der Waals surface area contributed by atoms with E-state index in [0.29, 0.717) is 23.2 Å². The zero-order valence-corrected chi connectivity index (χ0v) is 11.0. The number of nitrogens with two attached hydrogens (primary N) is 1. The topological polar surface area (TPSA) is 80.0 Å². The fourth-order valence-electron chi connectivity index (χ4n) is 1.97. The van der Waals surface area contributed by atoms with Gasteiger partial charge in [-0.25, -0.2) is 10.8 Å². The summed E-state index contributed by atoms with van der Waals surface area (Å²) >= 11 is 1.94. The summed E-state index contributed by atoms with van der Waals surface area (Å²) in [6.07, 6.45) is 5.33. The molecule has 5 nitrogen and oxygen atoms in total. The molecule has 1 aromatic rings. The van der Waals surface area contributed by atoms with Crippen LogP contribution in [0.5, 0.6) is 0 Å². The number of nitrogens with zero attached hydrogens (tertiary/aromatic N) is 1. The number of carbonyl (C=O) groups is 1. The van der Waals surface area contributed by atoms with E-state index in [1.165, 1.54) is 25.0 Å². The first-order valence-corrected chi connectivity index (χ1v) is 7.17. The third-order valence-electron chi connectivity index (χ3n) is 2.95. The average molecular weight is 266 g/mol. The van der Waals surface area contributed by atoms with E-state index in [1.807, 2.05) is 11.8 Å². The predicted molar refractivity (Wildman–Crippen MR) is 74.5 cm³/mol. The Balaban J connectivity index is 1.90. The van der Waals surface area contributed by atoms with Gasteiger partial charge in [-0.1, -0.05) is 6.42 Å². The van der Waals surface area contributed by atoms with Crippen LogP contribution < -0.4 is 16.6 Å². The maximum Gasteiger partial charge on any atom is 0.255 e.